The fourth-order valence-electron chi connectivity index (χ4n) is 1.73. The molecule has 0 atom stereocenters. The second-order valence-electron chi connectivity index (χ2n) is 4.11. The molecule has 20 heavy (non-hydrogen) atoms. The number of halogens is 1. The second kappa shape index (κ2) is 5.52. The van der Waals surface area contributed by atoms with Crippen molar-refractivity contribution in [3.8, 4) is 5.69 Å². The standard InChI is InChI=1S/C13H12FN3O3/c1-8-11(13(20)15-7-12(18)19)6-16-17(8)10-4-2-9(14)3-5-10/h2-6H,7H2,1H3,(H,15,20)(H,18,19). The van der Waals surface area contributed by atoms with Crippen LogP contribution in [0.5, 0.6) is 0 Å². The van der Waals surface area contributed by atoms with Gasteiger partial charge in [0.25, 0.3) is 5.91 Å². The smallest absolute Gasteiger partial charge is 0.322 e. The van der Waals surface area contributed by atoms with Crippen molar-refractivity contribution < 1.29 is 19.1 Å². The summed E-state index contributed by atoms with van der Waals surface area (Å²) in [7, 11) is 0. The van der Waals surface area contributed by atoms with Crippen LogP contribution < -0.4 is 5.32 Å². The van der Waals surface area contributed by atoms with Gasteiger partial charge in [0.15, 0.2) is 0 Å². The lowest BCUT2D eigenvalue weighted by Crippen LogP contribution is -2.29. The van der Waals surface area contributed by atoms with Crippen LogP contribution in [-0.4, -0.2) is 33.3 Å². The molecule has 1 amide bonds. The van der Waals surface area contributed by atoms with Crippen LogP contribution in [0.3, 0.4) is 0 Å². The topological polar surface area (TPSA) is 84.2 Å². The molecule has 0 aliphatic rings. The number of aliphatic carboxylic acids is 1. The van der Waals surface area contributed by atoms with Gasteiger partial charge in [-0.3, -0.25) is 9.59 Å². The lowest BCUT2D eigenvalue weighted by atomic mass is 10.2. The Morgan fingerprint density at radius 1 is 1.35 bits per heavy atom. The highest BCUT2D eigenvalue weighted by Crippen LogP contribution is 2.14. The summed E-state index contributed by atoms with van der Waals surface area (Å²) < 4.78 is 14.3. The van der Waals surface area contributed by atoms with Gasteiger partial charge in [-0.1, -0.05) is 0 Å². The molecule has 0 aliphatic carbocycles. The number of nitrogens with one attached hydrogen (secondary N) is 1. The number of nitrogens with zero attached hydrogens (tertiary/aromatic N) is 2. The first-order valence-corrected chi connectivity index (χ1v) is 5.79. The molecule has 7 heteroatoms. The van der Waals surface area contributed by atoms with Crippen LogP contribution in [0.25, 0.3) is 5.69 Å². The summed E-state index contributed by atoms with van der Waals surface area (Å²) in [5.74, 6) is -2.00. The molecule has 6 nitrogen and oxygen atoms in total. The SMILES string of the molecule is Cc1c(C(=O)NCC(=O)O)cnn1-c1ccc(F)cc1. The molecule has 2 aromatic rings. The Morgan fingerprint density at radius 2 is 2.00 bits per heavy atom. The highest BCUT2D eigenvalue weighted by Gasteiger charge is 2.15. The number of aromatic nitrogens is 2. The van der Waals surface area contributed by atoms with Crippen LogP contribution >= 0.6 is 0 Å². The molecule has 0 radical (unpaired) electrons. The van der Waals surface area contributed by atoms with Crippen LogP contribution in [0.1, 0.15) is 16.1 Å². The summed E-state index contributed by atoms with van der Waals surface area (Å²) in [6.45, 7) is 1.21. The van der Waals surface area contributed by atoms with Gasteiger partial charge in [-0.25, -0.2) is 9.07 Å². The summed E-state index contributed by atoms with van der Waals surface area (Å²) in [5.41, 5.74) is 1.43. The zero-order valence-corrected chi connectivity index (χ0v) is 10.6. The van der Waals surface area contributed by atoms with Crippen LogP contribution in [0.2, 0.25) is 0 Å². The summed E-state index contributed by atoms with van der Waals surface area (Å²) in [6, 6.07) is 5.66. The zero-order valence-electron chi connectivity index (χ0n) is 10.6. The minimum atomic E-state index is -1.12. The van der Waals surface area contributed by atoms with Gasteiger partial charge in [-0.2, -0.15) is 5.10 Å². The van der Waals surface area contributed by atoms with E-state index in [4.69, 9.17) is 5.11 Å². The van der Waals surface area contributed by atoms with E-state index in [1.54, 1.807) is 6.92 Å². The number of carbonyl (C=O) groups is 2. The number of hydrogen-bond acceptors (Lipinski definition) is 3. The van der Waals surface area contributed by atoms with Crippen molar-refractivity contribution in [2.75, 3.05) is 6.54 Å². The van der Waals surface area contributed by atoms with E-state index in [1.165, 1.54) is 35.1 Å². The lowest BCUT2D eigenvalue weighted by Gasteiger charge is -2.05. The average molecular weight is 277 g/mol. The first kappa shape index (κ1) is 13.7. The van der Waals surface area contributed by atoms with E-state index in [-0.39, 0.29) is 11.4 Å². The first-order chi connectivity index (χ1) is 9.49. The van der Waals surface area contributed by atoms with Crippen LogP contribution in [0.15, 0.2) is 30.5 Å². The molecule has 0 saturated carbocycles. The first-order valence-electron chi connectivity index (χ1n) is 5.79. The highest BCUT2D eigenvalue weighted by atomic mass is 19.1. The molecular weight excluding hydrogens is 265 g/mol. The van der Waals surface area contributed by atoms with E-state index >= 15 is 0 Å². The summed E-state index contributed by atoms with van der Waals surface area (Å²) in [5, 5.41) is 14.8. The molecule has 104 valence electrons. The van der Waals surface area contributed by atoms with Crippen molar-refractivity contribution in [2.24, 2.45) is 0 Å². The van der Waals surface area contributed by atoms with Crippen molar-refractivity contribution in [1.29, 1.82) is 0 Å². The molecule has 2 N–H and O–H groups in total. The van der Waals surface area contributed by atoms with E-state index in [0.717, 1.165) is 0 Å². The molecule has 0 spiro atoms. The van der Waals surface area contributed by atoms with Crippen molar-refractivity contribution in [3.05, 3.63) is 47.5 Å². The number of hydrogen-bond donors (Lipinski definition) is 2. The van der Waals surface area contributed by atoms with E-state index in [1.807, 2.05) is 0 Å². The molecule has 1 aromatic heterocycles. The van der Waals surface area contributed by atoms with Gasteiger partial charge in [-0.05, 0) is 31.2 Å². The van der Waals surface area contributed by atoms with Crippen LogP contribution in [0, 0.1) is 12.7 Å². The van der Waals surface area contributed by atoms with Gasteiger partial charge < -0.3 is 10.4 Å². The van der Waals surface area contributed by atoms with E-state index in [9.17, 15) is 14.0 Å². The van der Waals surface area contributed by atoms with Gasteiger partial charge in [0.05, 0.1) is 23.1 Å². The van der Waals surface area contributed by atoms with Crippen molar-refractivity contribution in [1.82, 2.24) is 15.1 Å². The average Bonchev–Trinajstić information content (AvgIpc) is 2.79. The summed E-state index contributed by atoms with van der Waals surface area (Å²) in [6.07, 6.45) is 1.34. The highest BCUT2D eigenvalue weighted by molar-refractivity contribution is 5.96. The minimum absolute atomic E-state index is 0.274. The third-order valence-corrected chi connectivity index (χ3v) is 2.73. The number of carboxylic acids is 1. The monoisotopic (exact) mass is 277 g/mol. The third kappa shape index (κ3) is 2.82. The van der Waals surface area contributed by atoms with Crippen molar-refractivity contribution in [2.45, 2.75) is 6.92 Å². The molecular formula is C13H12FN3O3. The molecule has 0 aliphatic heterocycles. The largest absolute Gasteiger partial charge is 0.480 e. The number of amides is 1. The van der Waals surface area contributed by atoms with E-state index in [0.29, 0.717) is 11.4 Å². The van der Waals surface area contributed by atoms with Gasteiger partial charge >= 0.3 is 5.97 Å². The van der Waals surface area contributed by atoms with Crippen LogP contribution in [-0.2, 0) is 4.79 Å². The van der Waals surface area contributed by atoms with Crippen molar-refractivity contribution in [3.63, 3.8) is 0 Å². The normalized spacial score (nSPS) is 10.3. The van der Waals surface area contributed by atoms with Crippen molar-refractivity contribution >= 4 is 11.9 Å². The third-order valence-electron chi connectivity index (χ3n) is 2.73. The summed E-state index contributed by atoms with van der Waals surface area (Å²) >= 11 is 0. The van der Waals surface area contributed by atoms with Gasteiger partial charge in [0.2, 0.25) is 0 Å². The Balaban J connectivity index is 2.24. The zero-order chi connectivity index (χ0) is 14.7. The molecule has 0 unspecified atom stereocenters. The Labute approximate surface area is 113 Å². The fourth-order valence-corrected chi connectivity index (χ4v) is 1.73. The predicted molar refractivity (Wildman–Crippen MR) is 68.2 cm³/mol. The maximum atomic E-state index is 12.9. The Morgan fingerprint density at radius 3 is 2.60 bits per heavy atom. The van der Waals surface area contributed by atoms with Crippen LogP contribution in [0.4, 0.5) is 4.39 Å². The molecule has 2 rings (SSSR count). The second-order valence-corrected chi connectivity index (χ2v) is 4.11. The number of rotatable bonds is 4. The van der Waals surface area contributed by atoms with Gasteiger partial charge in [0, 0.05) is 0 Å². The summed E-state index contributed by atoms with van der Waals surface area (Å²) in [4.78, 5) is 22.2. The fraction of sp³-hybridized carbons (Fsp3) is 0.154. The number of carboxylic acid groups (broad SMARTS) is 1. The van der Waals surface area contributed by atoms with Gasteiger partial charge in [0.1, 0.15) is 12.4 Å². The Kier molecular flexibility index (Phi) is 3.79. The van der Waals surface area contributed by atoms with E-state index < -0.39 is 18.4 Å². The molecule has 1 aromatic carbocycles. The maximum absolute atomic E-state index is 12.9. The number of benzene rings is 1. The Bertz CT molecular complexity index is 649. The predicted octanol–water partition coefficient (Wildman–Crippen LogP) is 1.13. The molecule has 1 heterocycles. The molecule has 0 saturated heterocycles. The molecule has 0 bridgehead atoms. The van der Waals surface area contributed by atoms with Gasteiger partial charge in [-0.15, -0.1) is 0 Å². The maximum Gasteiger partial charge on any atom is 0.322 e. The minimum Gasteiger partial charge on any atom is -0.480 e. The lowest BCUT2D eigenvalue weighted by molar-refractivity contribution is -0.135. The molecule has 0 fully saturated rings. The quantitative estimate of drug-likeness (QED) is 0.877. The Hall–Kier alpha value is -2.70. The van der Waals surface area contributed by atoms with E-state index in [2.05, 4.69) is 10.4 Å². The number of carbonyl (C=O) groups excluding carboxylic acids is 1.